The lowest BCUT2D eigenvalue weighted by molar-refractivity contribution is 0.202. The van der Waals surface area contributed by atoms with Crippen LogP contribution in [0.4, 0.5) is 0 Å². The maximum atomic E-state index is 5.13. The van der Waals surface area contributed by atoms with Crippen molar-refractivity contribution < 1.29 is 4.74 Å². The zero-order valence-corrected chi connectivity index (χ0v) is 11.7. The van der Waals surface area contributed by atoms with Crippen LogP contribution in [0.15, 0.2) is 42.5 Å². The number of hydrogen-bond acceptors (Lipinski definition) is 3. The van der Waals surface area contributed by atoms with E-state index in [1.54, 1.807) is 11.9 Å². The highest BCUT2D eigenvalue weighted by atomic mass is 16.5. The lowest BCUT2D eigenvalue weighted by atomic mass is 10.1. The summed E-state index contributed by atoms with van der Waals surface area (Å²) in [4.78, 5) is 1.72. The van der Waals surface area contributed by atoms with Gasteiger partial charge in [-0.1, -0.05) is 24.3 Å². The number of methoxy groups -OCH3 is 1. The Bertz CT molecular complexity index is 700. The zero-order valence-electron chi connectivity index (χ0n) is 11.7. The van der Waals surface area contributed by atoms with Gasteiger partial charge in [-0.3, -0.25) is 0 Å². The zero-order chi connectivity index (χ0) is 13.9. The molecule has 0 radical (unpaired) electrons. The molecule has 1 heterocycles. The van der Waals surface area contributed by atoms with E-state index < -0.39 is 0 Å². The van der Waals surface area contributed by atoms with Crippen molar-refractivity contribution in [3.63, 3.8) is 0 Å². The molecule has 0 saturated carbocycles. The molecule has 0 bridgehead atoms. The van der Waals surface area contributed by atoms with Gasteiger partial charge in [0.1, 0.15) is 11.0 Å². The second kappa shape index (κ2) is 5.43. The molecule has 0 fully saturated rings. The Balaban J connectivity index is 2.03. The molecule has 102 valence electrons. The van der Waals surface area contributed by atoms with Crippen molar-refractivity contribution in [2.45, 2.75) is 13.3 Å². The van der Waals surface area contributed by atoms with Gasteiger partial charge in [0.2, 0.25) is 0 Å². The summed E-state index contributed by atoms with van der Waals surface area (Å²) < 4.78 is 5.13. The Labute approximate surface area is 118 Å². The monoisotopic (exact) mass is 267 g/mol. The smallest absolute Gasteiger partial charge is 0.113 e. The van der Waals surface area contributed by atoms with Crippen molar-refractivity contribution >= 4 is 11.0 Å². The first-order chi connectivity index (χ1) is 9.78. The van der Waals surface area contributed by atoms with Crippen LogP contribution in [-0.4, -0.2) is 28.7 Å². The third kappa shape index (κ3) is 2.42. The summed E-state index contributed by atoms with van der Waals surface area (Å²) in [7, 11) is 1.72. The summed E-state index contributed by atoms with van der Waals surface area (Å²) in [5.74, 6) is 0. The Morgan fingerprint density at radius 3 is 2.40 bits per heavy atom. The second-order valence-electron chi connectivity index (χ2n) is 4.84. The summed E-state index contributed by atoms with van der Waals surface area (Å²) in [6.45, 7) is 2.79. The average molecular weight is 267 g/mol. The normalized spacial score (nSPS) is 11.1. The fourth-order valence-electron chi connectivity index (χ4n) is 2.21. The van der Waals surface area contributed by atoms with Gasteiger partial charge >= 0.3 is 0 Å². The van der Waals surface area contributed by atoms with Crippen LogP contribution in [0.25, 0.3) is 16.7 Å². The molecule has 0 unspecified atom stereocenters. The maximum Gasteiger partial charge on any atom is 0.113 e. The standard InChI is InChI=1S/C16H17N3O/c1-12-7-8-13(9-10-20-2)11-16(12)19-17-14-5-3-4-6-15(14)18-19/h3-8,11H,9-10H2,1-2H3. The molecule has 2 aromatic carbocycles. The molecule has 4 heteroatoms. The molecule has 0 amide bonds. The van der Waals surface area contributed by atoms with E-state index in [0.29, 0.717) is 0 Å². The highest BCUT2D eigenvalue weighted by Crippen LogP contribution is 2.17. The molecular weight excluding hydrogens is 250 g/mol. The molecule has 0 aliphatic carbocycles. The highest BCUT2D eigenvalue weighted by molar-refractivity contribution is 5.73. The van der Waals surface area contributed by atoms with E-state index in [-0.39, 0.29) is 0 Å². The molecule has 1 aromatic heterocycles. The summed E-state index contributed by atoms with van der Waals surface area (Å²) in [5.41, 5.74) is 5.23. The van der Waals surface area contributed by atoms with Crippen LogP contribution < -0.4 is 0 Å². The maximum absolute atomic E-state index is 5.13. The van der Waals surface area contributed by atoms with Crippen LogP contribution in [0.5, 0.6) is 0 Å². The third-order valence-electron chi connectivity index (χ3n) is 3.37. The van der Waals surface area contributed by atoms with Crippen LogP contribution in [0.3, 0.4) is 0 Å². The van der Waals surface area contributed by atoms with E-state index in [9.17, 15) is 0 Å². The van der Waals surface area contributed by atoms with Gasteiger partial charge < -0.3 is 4.74 Å². The van der Waals surface area contributed by atoms with E-state index in [1.165, 1.54) is 5.56 Å². The average Bonchev–Trinajstić information content (AvgIpc) is 2.90. The molecule has 0 saturated heterocycles. The van der Waals surface area contributed by atoms with Crippen LogP contribution >= 0.6 is 0 Å². The minimum Gasteiger partial charge on any atom is -0.384 e. The van der Waals surface area contributed by atoms with E-state index in [2.05, 4.69) is 35.3 Å². The summed E-state index contributed by atoms with van der Waals surface area (Å²) in [5, 5.41) is 9.08. The van der Waals surface area contributed by atoms with E-state index in [0.717, 1.165) is 35.3 Å². The largest absolute Gasteiger partial charge is 0.384 e. The number of ether oxygens (including phenoxy) is 1. The Morgan fingerprint density at radius 1 is 1.05 bits per heavy atom. The topological polar surface area (TPSA) is 39.9 Å². The van der Waals surface area contributed by atoms with Gasteiger partial charge in [0.05, 0.1) is 12.3 Å². The first-order valence-corrected chi connectivity index (χ1v) is 6.69. The fourth-order valence-corrected chi connectivity index (χ4v) is 2.21. The Hall–Kier alpha value is -2.20. The number of aromatic nitrogens is 3. The van der Waals surface area contributed by atoms with Gasteiger partial charge in [-0.15, -0.1) is 10.2 Å². The van der Waals surface area contributed by atoms with Crippen molar-refractivity contribution in [1.29, 1.82) is 0 Å². The second-order valence-corrected chi connectivity index (χ2v) is 4.84. The van der Waals surface area contributed by atoms with Crippen molar-refractivity contribution in [2.24, 2.45) is 0 Å². The molecule has 4 nitrogen and oxygen atoms in total. The van der Waals surface area contributed by atoms with Crippen LogP contribution in [0, 0.1) is 6.92 Å². The Kier molecular flexibility index (Phi) is 3.48. The molecule has 20 heavy (non-hydrogen) atoms. The van der Waals surface area contributed by atoms with E-state index in [1.807, 2.05) is 24.3 Å². The number of aryl methyl sites for hydroxylation is 1. The van der Waals surface area contributed by atoms with Crippen molar-refractivity contribution in [1.82, 2.24) is 15.0 Å². The quantitative estimate of drug-likeness (QED) is 0.729. The lowest BCUT2D eigenvalue weighted by Crippen LogP contribution is -2.03. The first-order valence-electron chi connectivity index (χ1n) is 6.69. The van der Waals surface area contributed by atoms with Gasteiger partial charge in [0, 0.05) is 7.11 Å². The summed E-state index contributed by atoms with van der Waals surface area (Å²) in [6.07, 6.45) is 0.893. The van der Waals surface area contributed by atoms with Gasteiger partial charge in [0.25, 0.3) is 0 Å². The van der Waals surface area contributed by atoms with Gasteiger partial charge in [0.15, 0.2) is 0 Å². The molecule has 0 spiro atoms. The molecule has 0 aliphatic rings. The molecule has 0 aliphatic heterocycles. The van der Waals surface area contributed by atoms with Crippen molar-refractivity contribution in [2.75, 3.05) is 13.7 Å². The van der Waals surface area contributed by atoms with Gasteiger partial charge in [-0.25, -0.2) is 0 Å². The van der Waals surface area contributed by atoms with Crippen molar-refractivity contribution in [3.05, 3.63) is 53.6 Å². The summed E-state index contributed by atoms with van der Waals surface area (Å²) in [6, 6.07) is 14.3. The molecule has 0 N–H and O–H groups in total. The molecule has 3 aromatic rings. The van der Waals surface area contributed by atoms with E-state index >= 15 is 0 Å². The van der Waals surface area contributed by atoms with Crippen LogP contribution in [0.2, 0.25) is 0 Å². The number of rotatable bonds is 4. The highest BCUT2D eigenvalue weighted by Gasteiger charge is 2.07. The number of hydrogen-bond donors (Lipinski definition) is 0. The third-order valence-corrected chi connectivity index (χ3v) is 3.37. The predicted molar refractivity (Wildman–Crippen MR) is 79.2 cm³/mol. The fraction of sp³-hybridized carbons (Fsp3) is 0.250. The molecule has 3 rings (SSSR count). The first kappa shape index (κ1) is 12.8. The minimum atomic E-state index is 0.719. The predicted octanol–water partition coefficient (Wildman–Crippen LogP) is 2.92. The number of fused-ring (bicyclic) bond motifs is 1. The SMILES string of the molecule is COCCc1ccc(C)c(-n2nc3ccccc3n2)c1. The van der Waals surface area contributed by atoms with Gasteiger partial charge in [-0.05, 0) is 42.7 Å². The molecule has 0 atom stereocenters. The van der Waals surface area contributed by atoms with Crippen molar-refractivity contribution in [3.8, 4) is 5.69 Å². The van der Waals surface area contributed by atoms with Gasteiger partial charge in [-0.2, -0.15) is 4.80 Å². The molecular formula is C16H17N3O. The van der Waals surface area contributed by atoms with Crippen LogP contribution in [-0.2, 0) is 11.2 Å². The van der Waals surface area contributed by atoms with Crippen LogP contribution in [0.1, 0.15) is 11.1 Å². The lowest BCUT2D eigenvalue weighted by Gasteiger charge is -2.07. The summed E-state index contributed by atoms with van der Waals surface area (Å²) >= 11 is 0. The minimum absolute atomic E-state index is 0.719. The number of nitrogens with zero attached hydrogens (tertiary/aromatic N) is 3. The number of benzene rings is 2. The Morgan fingerprint density at radius 2 is 1.75 bits per heavy atom. The van der Waals surface area contributed by atoms with E-state index in [4.69, 9.17) is 4.74 Å².